The summed E-state index contributed by atoms with van der Waals surface area (Å²) in [5.41, 5.74) is 4.15. The number of amides is 2. The van der Waals surface area contributed by atoms with Crippen LogP contribution in [0, 0.1) is 11.3 Å². The number of nitrogens with one attached hydrogen (secondary N) is 1. The van der Waals surface area contributed by atoms with Gasteiger partial charge in [0.2, 0.25) is 5.91 Å². The molecule has 0 radical (unpaired) electrons. The van der Waals surface area contributed by atoms with E-state index in [9.17, 15) is 19.5 Å². The van der Waals surface area contributed by atoms with Crippen LogP contribution in [-0.4, -0.2) is 53.2 Å². The van der Waals surface area contributed by atoms with Crippen molar-refractivity contribution in [3.8, 4) is 11.1 Å². The largest absolute Gasteiger partial charge is 0.480 e. The molecule has 0 saturated heterocycles. The van der Waals surface area contributed by atoms with Gasteiger partial charge in [0, 0.05) is 18.0 Å². The molecule has 2 N–H and O–H groups in total. The second-order valence-electron chi connectivity index (χ2n) is 10.2. The Morgan fingerprint density at radius 1 is 1.09 bits per heavy atom. The molecular formula is C28H32N2O5. The number of ether oxygens (including phenoxy) is 1. The zero-order valence-electron chi connectivity index (χ0n) is 20.2. The average molecular weight is 477 g/mol. The van der Waals surface area contributed by atoms with E-state index in [-0.39, 0.29) is 43.0 Å². The number of fused-ring (bicyclic) bond motifs is 4. The molecular weight excluding hydrogens is 444 g/mol. The number of carbonyl (C=O) groups excluding carboxylic acids is 2. The SMILES string of the molecule is CCC(C)N(CC(=O)O)C(=O)[C@@]12C[C@@H](NC(=O)OCC3c4ccccc4-c4ccccc43)C[C@@H]1C2. The van der Waals surface area contributed by atoms with E-state index in [0.717, 1.165) is 24.0 Å². The number of hydrogen-bond donors (Lipinski definition) is 2. The van der Waals surface area contributed by atoms with Gasteiger partial charge in [-0.05, 0) is 60.8 Å². The van der Waals surface area contributed by atoms with Crippen LogP contribution in [0.4, 0.5) is 4.79 Å². The molecule has 7 nitrogen and oxygen atoms in total. The quantitative estimate of drug-likeness (QED) is 0.589. The first kappa shape index (κ1) is 23.4. The van der Waals surface area contributed by atoms with Gasteiger partial charge in [-0.25, -0.2) is 4.79 Å². The number of rotatable bonds is 8. The van der Waals surface area contributed by atoms with Gasteiger partial charge in [-0.1, -0.05) is 55.5 Å². The van der Waals surface area contributed by atoms with E-state index < -0.39 is 17.5 Å². The lowest BCUT2D eigenvalue weighted by atomic mass is 9.98. The molecule has 2 aromatic carbocycles. The van der Waals surface area contributed by atoms with Gasteiger partial charge in [-0.3, -0.25) is 9.59 Å². The summed E-state index contributed by atoms with van der Waals surface area (Å²) in [7, 11) is 0. The maximum atomic E-state index is 13.3. The van der Waals surface area contributed by atoms with E-state index in [1.807, 2.05) is 38.1 Å². The van der Waals surface area contributed by atoms with Gasteiger partial charge in [0.1, 0.15) is 13.2 Å². The molecule has 2 aromatic rings. The van der Waals surface area contributed by atoms with Crippen molar-refractivity contribution in [3.63, 3.8) is 0 Å². The Morgan fingerprint density at radius 3 is 2.31 bits per heavy atom. The summed E-state index contributed by atoms with van der Waals surface area (Å²) in [4.78, 5) is 38.9. The smallest absolute Gasteiger partial charge is 0.407 e. The maximum Gasteiger partial charge on any atom is 0.407 e. The summed E-state index contributed by atoms with van der Waals surface area (Å²) in [6.07, 6.45) is 2.25. The molecule has 0 bridgehead atoms. The summed E-state index contributed by atoms with van der Waals surface area (Å²) >= 11 is 0. The third-order valence-electron chi connectivity index (χ3n) is 8.19. The van der Waals surface area contributed by atoms with E-state index in [2.05, 4.69) is 29.6 Å². The summed E-state index contributed by atoms with van der Waals surface area (Å²) in [6, 6.07) is 16.1. The fourth-order valence-electron chi connectivity index (χ4n) is 6.15. The van der Waals surface area contributed by atoms with Crippen LogP contribution in [-0.2, 0) is 14.3 Å². The molecule has 1 unspecified atom stereocenters. The number of carbonyl (C=O) groups is 3. The summed E-state index contributed by atoms with van der Waals surface area (Å²) in [6.45, 7) is 3.80. The second kappa shape index (κ2) is 9.02. The predicted octanol–water partition coefficient (Wildman–Crippen LogP) is 4.41. The Morgan fingerprint density at radius 2 is 1.71 bits per heavy atom. The summed E-state index contributed by atoms with van der Waals surface area (Å²) in [5, 5.41) is 12.3. The van der Waals surface area contributed by atoms with Gasteiger partial charge in [0.05, 0.1) is 5.41 Å². The van der Waals surface area contributed by atoms with Gasteiger partial charge >= 0.3 is 12.1 Å². The van der Waals surface area contributed by atoms with Gasteiger partial charge in [-0.2, -0.15) is 0 Å². The highest BCUT2D eigenvalue weighted by Crippen LogP contribution is 2.64. The van der Waals surface area contributed by atoms with E-state index in [1.54, 1.807) is 0 Å². The van der Waals surface area contributed by atoms with E-state index in [1.165, 1.54) is 16.0 Å². The average Bonchev–Trinajstić information content (AvgIpc) is 3.27. The number of hydrogen-bond acceptors (Lipinski definition) is 4. The van der Waals surface area contributed by atoms with Crippen LogP contribution in [0.1, 0.15) is 56.6 Å². The molecule has 184 valence electrons. The molecule has 2 saturated carbocycles. The predicted molar refractivity (Wildman–Crippen MR) is 131 cm³/mol. The molecule has 2 amide bonds. The fourth-order valence-corrected chi connectivity index (χ4v) is 6.15. The van der Waals surface area contributed by atoms with Crippen LogP contribution in [0.5, 0.6) is 0 Å². The van der Waals surface area contributed by atoms with Crippen molar-refractivity contribution in [2.75, 3.05) is 13.2 Å². The molecule has 2 fully saturated rings. The van der Waals surface area contributed by atoms with Crippen LogP contribution in [0.15, 0.2) is 48.5 Å². The Bertz CT molecular complexity index is 1120. The van der Waals surface area contributed by atoms with Gasteiger partial charge in [-0.15, -0.1) is 0 Å². The normalized spacial score (nSPS) is 24.6. The lowest BCUT2D eigenvalue weighted by Gasteiger charge is -2.31. The zero-order valence-corrected chi connectivity index (χ0v) is 20.2. The molecule has 3 aliphatic carbocycles. The molecule has 0 aliphatic heterocycles. The molecule has 3 aliphatic rings. The monoisotopic (exact) mass is 476 g/mol. The molecule has 0 spiro atoms. The maximum absolute atomic E-state index is 13.3. The van der Waals surface area contributed by atoms with Crippen LogP contribution in [0.3, 0.4) is 0 Å². The summed E-state index contributed by atoms with van der Waals surface area (Å²) in [5.74, 6) is -0.901. The second-order valence-corrected chi connectivity index (χ2v) is 10.2. The number of aliphatic carboxylic acids is 1. The van der Waals surface area contributed by atoms with E-state index in [4.69, 9.17) is 4.74 Å². The number of carboxylic acids is 1. The lowest BCUT2D eigenvalue weighted by molar-refractivity contribution is -0.149. The van der Waals surface area contributed by atoms with Crippen molar-refractivity contribution in [1.29, 1.82) is 0 Å². The minimum atomic E-state index is -1.00. The third kappa shape index (κ3) is 4.17. The highest BCUT2D eigenvalue weighted by molar-refractivity contribution is 5.89. The minimum absolute atomic E-state index is 0.00170. The zero-order chi connectivity index (χ0) is 24.7. The van der Waals surface area contributed by atoms with E-state index >= 15 is 0 Å². The van der Waals surface area contributed by atoms with Gasteiger partial charge in [0.15, 0.2) is 0 Å². The first-order valence-corrected chi connectivity index (χ1v) is 12.5. The minimum Gasteiger partial charge on any atom is -0.480 e. The van der Waals surface area contributed by atoms with Crippen molar-refractivity contribution in [1.82, 2.24) is 10.2 Å². The number of alkyl carbamates (subject to hydrolysis) is 1. The van der Waals surface area contributed by atoms with Crippen molar-refractivity contribution >= 4 is 18.0 Å². The van der Waals surface area contributed by atoms with Crippen molar-refractivity contribution < 1.29 is 24.2 Å². The standard InChI is InChI=1S/C28H32N2O5/c1-3-17(2)30(15-25(31)32)26(33)28-13-18(28)12-19(14-28)29-27(34)35-16-24-22-10-6-4-8-20(22)21-9-5-7-11-23(21)24/h4-11,17-19,24H,3,12-16H2,1-2H3,(H,29,34)(H,31,32)/t17?,18-,19+,28+/m1/s1. The highest BCUT2D eigenvalue weighted by atomic mass is 16.5. The fraction of sp³-hybridized carbons (Fsp3) is 0.464. The Balaban J connectivity index is 1.20. The molecule has 0 heterocycles. The number of carboxylic acid groups (broad SMARTS) is 1. The van der Waals surface area contributed by atoms with Crippen LogP contribution < -0.4 is 5.32 Å². The summed E-state index contributed by atoms with van der Waals surface area (Å²) < 4.78 is 5.68. The first-order valence-electron chi connectivity index (χ1n) is 12.5. The Hall–Kier alpha value is -3.35. The molecule has 5 rings (SSSR count). The van der Waals surface area contributed by atoms with Crippen LogP contribution >= 0.6 is 0 Å². The number of nitrogens with zero attached hydrogens (tertiary/aromatic N) is 1. The topological polar surface area (TPSA) is 95.9 Å². The van der Waals surface area contributed by atoms with Gasteiger partial charge in [0.25, 0.3) is 0 Å². The Labute approximate surface area is 205 Å². The number of benzene rings is 2. The van der Waals surface area contributed by atoms with Crippen molar-refractivity contribution in [3.05, 3.63) is 59.7 Å². The highest BCUT2D eigenvalue weighted by Gasteiger charge is 2.66. The lowest BCUT2D eigenvalue weighted by Crippen LogP contribution is -2.46. The first-order chi connectivity index (χ1) is 16.8. The van der Waals surface area contributed by atoms with Crippen molar-refractivity contribution in [2.24, 2.45) is 11.3 Å². The van der Waals surface area contributed by atoms with Gasteiger partial charge < -0.3 is 20.1 Å². The molecule has 0 aromatic heterocycles. The van der Waals surface area contributed by atoms with Crippen molar-refractivity contribution in [2.45, 2.75) is 57.5 Å². The molecule has 7 heteroatoms. The Kier molecular flexibility index (Phi) is 6.03. The third-order valence-corrected chi connectivity index (χ3v) is 8.19. The molecule has 35 heavy (non-hydrogen) atoms. The van der Waals surface area contributed by atoms with E-state index in [0.29, 0.717) is 12.8 Å². The molecule has 4 atom stereocenters. The van der Waals surface area contributed by atoms with Crippen LogP contribution in [0.25, 0.3) is 11.1 Å². The van der Waals surface area contributed by atoms with Crippen LogP contribution in [0.2, 0.25) is 0 Å².